The lowest BCUT2D eigenvalue weighted by Crippen LogP contribution is -2.39. The van der Waals surface area contributed by atoms with Gasteiger partial charge in [0.05, 0.1) is 6.04 Å². The predicted octanol–water partition coefficient (Wildman–Crippen LogP) is 1.61. The van der Waals surface area contributed by atoms with Crippen molar-refractivity contribution < 1.29 is 9.59 Å². The summed E-state index contributed by atoms with van der Waals surface area (Å²) in [4.78, 5) is 23.4. The molecule has 0 saturated heterocycles. The molecule has 0 aromatic heterocycles. The molecule has 0 bridgehead atoms. The highest BCUT2D eigenvalue weighted by Crippen LogP contribution is 2.04. The number of carbonyl (C=O) groups is 2. The molecule has 0 N–H and O–H groups in total. The van der Waals surface area contributed by atoms with Crippen molar-refractivity contribution in [3.63, 3.8) is 0 Å². The number of hydrogen-bond acceptors (Lipinski definition) is 2. The van der Waals surface area contributed by atoms with Crippen molar-refractivity contribution in [1.82, 2.24) is 4.90 Å². The summed E-state index contributed by atoms with van der Waals surface area (Å²) in [5.41, 5.74) is 0. The molecular weight excluding hydrogens is 166 g/mol. The minimum absolute atomic E-state index is 0.0747. The highest BCUT2D eigenvalue weighted by atomic mass is 16.1. The number of ketones is 1. The van der Waals surface area contributed by atoms with E-state index >= 15 is 0 Å². The van der Waals surface area contributed by atoms with Gasteiger partial charge in [-0.3, -0.25) is 9.59 Å². The van der Waals surface area contributed by atoms with Gasteiger partial charge < -0.3 is 4.90 Å². The zero-order valence-electron chi connectivity index (χ0n) is 8.75. The zero-order chi connectivity index (χ0) is 10.3. The highest BCUT2D eigenvalue weighted by Gasteiger charge is 2.18. The molecule has 3 heteroatoms. The number of amides is 1. The summed E-state index contributed by atoms with van der Waals surface area (Å²) in [5, 5.41) is 0. The Kier molecular flexibility index (Phi) is 6.20. The van der Waals surface area contributed by atoms with E-state index in [-0.39, 0.29) is 11.8 Å². The van der Waals surface area contributed by atoms with E-state index in [0.717, 1.165) is 19.3 Å². The molecule has 0 aliphatic heterocycles. The van der Waals surface area contributed by atoms with E-state index in [1.165, 1.54) is 6.92 Å². The van der Waals surface area contributed by atoms with E-state index in [1.54, 1.807) is 4.90 Å². The SMILES string of the molecule is CCCCN(C=O)C(CC)C(C)=O. The van der Waals surface area contributed by atoms with E-state index in [9.17, 15) is 9.59 Å². The minimum Gasteiger partial charge on any atom is -0.335 e. The van der Waals surface area contributed by atoms with E-state index in [1.807, 2.05) is 6.92 Å². The van der Waals surface area contributed by atoms with Gasteiger partial charge in [-0.05, 0) is 19.8 Å². The van der Waals surface area contributed by atoms with Crippen LogP contribution in [0.15, 0.2) is 0 Å². The number of rotatable bonds is 7. The van der Waals surface area contributed by atoms with E-state index in [4.69, 9.17) is 0 Å². The van der Waals surface area contributed by atoms with Crippen molar-refractivity contribution in [3.8, 4) is 0 Å². The van der Waals surface area contributed by atoms with Gasteiger partial charge in [0.2, 0.25) is 6.41 Å². The fourth-order valence-electron chi connectivity index (χ4n) is 1.38. The first-order valence-electron chi connectivity index (χ1n) is 4.88. The molecule has 13 heavy (non-hydrogen) atoms. The molecule has 1 unspecified atom stereocenters. The average molecular weight is 185 g/mol. The molecule has 0 rings (SSSR count). The Hall–Kier alpha value is -0.860. The van der Waals surface area contributed by atoms with Crippen molar-refractivity contribution in [3.05, 3.63) is 0 Å². The highest BCUT2D eigenvalue weighted by molar-refractivity contribution is 5.83. The number of carbonyl (C=O) groups excluding carboxylic acids is 2. The summed E-state index contributed by atoms with van der Waals surface area (Å²) in [5.74, 6) is 0.0747. The molecule has 1 amide bonds. The first-order valence-corrected chi connectivity index (χ1v) is 4.88. The fourth-order valence-corrected chi connectivity index (χ4v) is 1.38. The number of Topliss-reactive ketones (excluding diaryl/α,β-unsaturated/α-hetero) is 1. The Morgan fingerprint density at radius 1 is 1.46 bits per heavy atom. The van der Waals surface area contributed by atoms with Crippen molar-refractivity contribution in [2.45, 2.75) is 46.1 Å². The third kappa shape index (κ3) is 4.06. The third-order valence-electron chi connectivity index (χ3n) is 2.16. The van der Waals surface area contributed by atoms with Crippen molar-refractivity contribution in [1.29, 1.82) is 0 Å². The van der Waals surface area contributed by atoms with Gasteiger partial charge in [0.1, 0.15) is 0 Å². The number of hydrogen-bond donors (Lipinski definition) is 0. The van der Waals surface area contributed by atoms with Gasteiger partial charge >= 0.3 is 0 Å². The van der Waals surface area contributed by atoms with Gasteiger partial charge in [0.15, 0.2) is 5.78 Å². The molecular formula is C10H19NO2. The normalized spacial score (nSPS) is 12.2. The van der Waals surface area contributed by atoms with Gasteiger partial charge in [0.25, 0.3) is 0 Å². The van der Waals surface area contributed by atoms with Crippen LogP contribution in [0.4, 0.5) is 0 Å². The van der Waals surface area contributed by atoms with E-state index in [2.05, 4.69) is 6.92 Å². The van der Waals surface area contributed by atoms with Crippen LogP contribution in [0.5, 0.6) is 0 Å². The largest absolute Gasteiger partial charge is 0.335 e. The standard InChI is InChI=1S/C10H19NO2/c1-4-6-7-11(8-12)10(5-2)9(3)13/h8,10H,4-7H2,1-3H3. The summed E-state index contributed by atoms with van der Waals surface area (Å²) in [6, 6.07) is -0.218. The molecule has 1 atom stereocenters. The first kappa shape index (κ1) is 12.1. The van der Waals surface area contributed by atoms with Gasteiger partial charge in [-0.2, -0.15) is 0 Å². The van der Waals surface area contributed by atoms with Crippen LogP contribution in [0, 0.1) is 0 Å². The molecule has 0 aromatic rings. The third-order valence-corrected chi connectivity index (χ3v) is 2.16. The molecule has 3 nitrogen and oxygen atoms in total. The zero-order valence-corrected chi connectivity index (χ0v) is 8.75. The fraction of sp³-hybridized carbons (Fsp3) is 0.800. The Morgan fingerprint density at radius 3 is 2.38 bits per heavy atom. The second kappa shape index (κ2) is 6.63. The first-order chi connectivity index (χ1) is 6.17. The lowest BCUT2D eigenvalue weighted by molar-refractivity contribution is -0.130. The molecule has 0 aliphatic rings. The van der Waals surface area contributed by atoms with Crippen molar-refractivity contribution in [2.75, 3.05) is 6.54 Å². The Balaban J connectivity index is 4.16. The van der Waals surface area contributed by atoms with Gasteiger partial charge in [-0.1, -0.05) is 20.3 Å². The van der Waals surface area contributed by atoms with Crippen LogP contribution in [0.1, 0.15) is 40.0 Å². The van der Waals surface area contributed by atoms with Crippen LogP contribution in [0.3, 0.4) is 0 Å². The molecule has 0 radical (unpaired) electrons. The monoisotopic (exact) mass is 185 g/mol. The Labute approximate surface area is 80.1 Å². The topological polar surface area (TPSA) is 37.4 Å². The maximum atomic E-state index is 11.1. The second-order valence-corrected chi connectivity index (χ2v) is 3.23. The van der Waals surface area contributed by atoms with Crippen molar-refractivity contribution in [2.24, 2.45) is 0 Å². The molecule has 0 aliphatic carbocycles. The maximum Gasteiger partial charge on any atom is 0.210 e. The lowest BCUT2D eigenvalue weighted by Gasteiger charge is -2.24. The summed E-state index contributed by atoms with van der Waals surface area (Å²) in [7, 11) is 0. The Bertz CT molecular complexity index is 168. The summed E-state index contributed by atoms with van der Waals surface area (Å²) < 4.78 is 0. The molecule has 0 saturated carbocycles. The second-order valence-electron chi connectivity index (χ2n) is 3.23. The van der Waals surface area contributed by atoms with Crippen LogP contribution in [0.25, 0.3) is 0 Å². The molecule has 0 spiro atoms. The summed E-state index contributed by atoms with van der Waals surface area (Å²) in [6.07, 6.45) is 3.49. The number of nitrogens with zero attached hydrogens (tertiary/aromatic N) is 1. The smallest absolute Gasteiger partial charge is 0.210 e. The average Bonchev–Trinajstić information content (AvgIpc) is 2.11. The van der Waals surface area contributed by atoms with Crippen LogP contribution in [-0.4, -0.2) is 29.7 Å². The Morgan fingerprint density at radius 2 is 2.08 bits per heavy atom. The molecule has 0 aromatic carbocycles. The van der Waals surface area contributed by atoms with Crippen LogP contribution < -0.4 is 0 Å². The van der Waals surface area contributed by atoms with E-state index in [0.29, 0.717) is 13.0 Å². The predicted molar refractivity (Wildman–Crippen MR) is 52.4 cm³/mol. The maximum absolute atomic E-state index is 11.1. The van der Waals surface area contributed by atoms with Crippen molar-refractivity contribution >= 4 is 12.2 Å². The van der Waals surface area contributed by atoms with Gasteiger partial charge in [0, 0.05) is 6.54 Å². The summed E-state index contributed by atoms with van der Waals surface area (Å²) in [6.45, 7) is 6.22. The van der Waals surface area contributed by atoms with Gasteiger partial charge in [-0.25, -0.2) is 0 Å². The summed E-state index contributed by atoms with van der Waals surface area (Å²) >= 11 is 0. The molecule has 0 heterocycles. The van der Waals surface area contributed by atoms with Crippen LogP contribution >= 0.6 is 0 Å². The van der Waals surface area contributed by atoms with Gasteiger partial charge in [-0.15, -0.1) is 0 Å². The molecule has 0 fully saturated rings. The number of unbranched alkanes of at least 4 members (excludes halogenated alkanes) is 1. The molecule has 76 valence electrons. The van der Waals surface area contributed by atoms with Crippen LogP contribution in [0.2, 0.25) is 0 Å². The quantitative estimate of drug-likeness (QED) is 0.565. The minimum atomic E-state index is -0.218. The van der Waals surface area contributed by atoms with Crippen LogP contribution in [-0.2, 0) is 9.59 Å². The lowest BCUT2D eigenvalue weighted by atomic mass is 10.1. The van der Waals surface area contributed by atoms with E-state index < -0.39 is 0 Å².